The van der Waals surface area contributed by atoms with Crippen molar-refractivity contribution in [2.75, 3.05) is 11.1 Å². The van der Waals surface area contributed by atoms with Crippen molar-refractivity contribution in [2.24, 2.45) is 0 Å². The number of anilines is 2. The number of carbonyl (C=O) groups is 1. The second kappa shape index (κ2) is 7.58. The summed E-state index contributed by atoms with van der Waals surface area (Å²) in [6, 6.07) is 15.1. The Morgan fingerprint density at radius 3 is 2.35 bits per heavy atom. The molecule has 3 rings (SSSR count). The van der Waals surface area contributed by atoms with E-state index in [0.29, 0.717) is 10.9 Å². The lowest BCUT2D eigenvalue weighted by atomic mass is 10.1. The fraction of sp³-hybridized carbons (Fsp3) is 0.200. The normalized spacial score (nSPS) is 11.8. The molecule has 0 saturated heterocycles. The van der Waals surface area contributed by atoms with Gasteiger partial charge in [0.15, 0.2) is 11.2 Å². The molecule has 6 heteroatoms. The summed E-state index contributed by atoms with van der Waals surface area (Å²) in [4.78, 5) is 17.7. The van der Waals surface area contributed by atoms with Gasteiger partial charge in [-0.1, -0.05) is 17.7 Å². The molecular formula is C20H21N3O2S. The molecule has 2 aromatic carbocycles. The maximum absolute atomic E-state index is 12.3. The van der Waals surface area contributed by atoms with Crippen LogP contribution in [0, 0.1) is 13.8 Å². The standard InChI is InChI=1S/C20H21N3O2S/c1-12-4-8-16(9-5-12)22-19(24)13(2)25-17-10-6-15(7-11-17)18-14(3)26-20(21)23-18/h4-11,13H,1-3H3,(H2,21,23)(H,22,24). The molecule has 1 amide bonds. The molecule has 3 aromatic rings. The van der Waals surface area contributed by atoms with Gasteiger partial charge in [-0.15, -0.1) is 11.3 Å². The number of aromatic nitrogens is 1. The molecule has 0 aliphatic heterocycles. The maximum Gasteiger partial charge on any atom is 0.265 e. The number of rotatable bonds is 5. The third-order valence-electron chi connectivity index (χ3n) is 3.94. The Hall–Kier alpha value is -2.86. The minimum absolute atomic E-state index is 0.193. The Labute approximate surface area is 156 Å². The highest BCUT2D eigenvalue weighted by Gasteiger charge is 2.15. The molecule has 5 nitrogen and oxygen atoms in total. The van der Waals surface area contributed by atoms with Crippen molar-refractivity contribution in [1.29, 1.82) is 0 Å². The third kappa shape index (κ3) is 4.21. The van der Waals surface area contributed by atoms with E-state index in [4.69, 9.17) is 10.5 Å². The van der Waals surface area contributed by atoms with Crippen LogP contribution < -0.4 is 15.8 Å². The molecule has 0 fully saturated rings. The summed E-state index contributed by atoms with van der Waals surface area (Å²) < 4.78 is 5.74. The molecular weight excluding hydrogens is 346 g/mol. The van der Waals surface area contributed by atoms with Crippen LogP contribution in [0.3, 0.4) is 0 Å². The second-order valence-electron chi connectivity index (χ2n) is 6.10. The number of ether oxygens (including phenoxy) is 1. The highest BCUT2D eigenvalue weighted by molar-refractivity contribution is 7.15. The van der Waals surface area contributed by atoms with Gasteiger partial charge in [0.2, 0.25) is 0 Å². The van der Waals surface area contributed by atoms with Crippen molar-refractivity contribution in [3.63, 3.8) is 0 Å². The third-order valence-corrected chi connectivity index (χ3v) is 4.74. The van der Waals surface area contributed by atoms with Gasteiger partial charge in [-0.3, -0.25) is 4.79 Å². The Morgan fingerprint density at radius 1 is 1.12 bits per heavy atom. The molecule has 0 spiro atoms. The first kappa shape index (κ1) is 17.9. The van der Waals surface area contributed by atoms with Crippen molar-refractivity contribution >= 4 is 28.1 Å². The highest BCUT2D eigenvalue weighted by atomic mass is 32.1. The second-order valence-corrected chi connectivity index (χ2v) is 7.33. The molecule has 3 N–H and O–H groups in total. The van der Waals surface area contributed by atoms with Crippen molar-refractivity contribution in [2.45, 2.75) is 26.9 Å². The van der Waals surface area contributed by atoms with Gasteiger partial charge in [0.1, 0.15) is 5.75 Å². The van der Waals surface area contributed by atoms with Crippen molar-refractivity contribution < 1.29 is 9.53 Å². The van der Waals surface area contributed by atoms with E-state index in [1.165, 1.54) is 11.3 Å². The van der Waals surface area contributed by atoms with E-state index in [2.05, 4.69) is 10.3 Å². The molecule has 0 radical (unpaired) electrons. The fourth-order valence-electron chi connectivity index (χ4n) is 2.51. The summed E-state index contributed by atoms with van der Waals surface area (Å²) in [6.07, 6.45) is -0.612. The van der Waals surface area contributed by atoms with Gasteiger partial charge < -0.3 is 15.8 Å². The predicted molar refractivity (Wildman–Crippen MR) is 107 cm³/mol. The molecule has 0 aliphatic carbocycles. The molecule has 1 heterocycles. The number of carbonyl (C=O) groups excluding carboxylic acids is 1. The molecule has 1 aromatic heterocycles. The van der Waals surface area contributed by atoms with Gasteiger partial charge in [0, 0.05) is 16.1 Å². The highest BCUT2D eigenvalue weighted by Crippen LogP contribution is 2.30. The van der Waals surface area contributed by atoms with E-state index in [-0.39, 0.29) is 5.91 Å². The molecule has 0 saturated carbocycles. The largest absolute Gasteiger partial charge is 0.481 e. The first-order valence-corrected chi connectivity index (χ1v) is 9.11. The summed E-state index contributed by atoms with van der Waals surface area (Å²) in [5, 5.41) is 3.40. The quantitative estimate of drug-likeness (QED) is 0.700. The number of nitrogens with one attached hydrogen (secondary N) is 1. The van der Waals surface area contributed by atoms with Crippen molar-refractivity contribution in [3.05, 3.63) is 59.0 Å². The number of benzene rings is 2. The summed E-state index contributed by atoms with van der Waals surface area (Å²) in [5.41, 5.74) is 9.50. The zero-order chi connectivity index (χ0) is 18.7. The Morgan fingerprint density at radius 2 is 1.77 bits per heavy atom. The minimum Gasteiger partial charge on any atom is -0.481 e. The minimum atomic E-state index is -0.612. The lowest BCUT2D eigenvalue weighted by molar-refractivity contribution is -0.122. The van der Waals surface area contributed by atoms with Crippen LogP contribution in [0.2, 0.25) is 0 Å². The SMILES string of the molecule is Cc1ccc(NC(=O)C(C)Oc2ccc(-c3nc(N)sc3C)cc2)cc1. The topological polar surface area (TPSA) is 77.2 Å². The Balaban J connectivity index is 1.63. The van der Waals surface area contributed by atoms with E-state index in [0.717, 1.165) is 27.4 Å². The number of hydrogen-bond donors (Lipinski definition) is 2. The number of thiazole rings is 1. The zero-order valence-electron chi connectivity index (χ0n) is 14.9. The predicted octanol–water partition coefficient (Wildman–Crippen LogP) is 4.42. The van der Waals surface area contributed by atoms with Crippen LogP contribution in [-0.2, 0) is 4.79 Å². The monoisotopic (exact) mass is 367 g/mol. The smallest absolute Gasteiger partial charge is 0.265 e. The van der Waals surface area contributed by atoms with Crippen LogP contribution in [0.4, 0.5) is 10.8 Å². The first-order valence-electron chi connectivity index (χ1n) is 8.30. The van der Waals surface area contributed by atoms with Gasteiger partial charge in [-0.2, -0.15) is 0 Å². The lowest BCUT2D eigenvalue weighted by Gasteiger charge is -2.15. The van der Waals surface area contributed by atoms with Crippen LogP contribution in [0.15, 0.2) is 48.5 Å². The van der Waals surface area contributed by atoms with Gasteiger partial charge in [-0.25, -0.2) is 4.98 Å². The van der Waals surface area contributed by atoms with E-state index in [1.54, 1.807) is 6.92 Å². The van der Waals surface area contributed by atoms with Gasteiger partial charge in [-0.05, 0) is 57.2 Å². The molecule has 1 atom stereocenters. The molecule has 0 bridgehead atoms. The number of nitrogen functional groups attached to an aromatic ring is 1. The fourth-order valence-corrected chi connectivity index (χ4v) is 3.23. The van der Waals surface area contributed by atoms with Crippen LogP contribution in [0.5, 0.6) is 5.75 Å². The van der Waals surface area contributed by atoms with E-state index in [9.17, 15) is 4.79 Å². The summed E-state index contributed by atoms with van der Waals surface area (Å²) in [5.74, 6) is 0.433. The number of nitrogens with two attached hydrogens (primary N) is 1. The van der Waals surface area contributed by atoms with E-state index >= 15 is 0 Å². The van der Waals surface area contributed by atoms with Gasteiger partial charge >= 0.3 is 0 Å². The number of hydrogen-bond acceptors (Lipinski definition) is 5. The number of amides is 1. The number of aryl methyl sites for hydroxylation is 2. The summed E-state index contributed by atoms with van der Waals surface area (Å²) >= 11 is 1.47. The number of nitrogens with zero attached hydrogens (tertiary/aromatic N) is 1. The average molecular weight is 367 g/mol. The van der Waals surface area contributed by atoms with Crippen LogP contribution >= 0.6 is 11.3 Å². The maximum atomic E-state index is 12.3. The Kier molecular flexibility index (Phi) is 5.23. The molecule has 1 unspecified atom stereocenters. The van der Waals surface area contributed by atoms with Crippen molar-refractivity contribution in [1.82, 2.24) is 4.98 Å². The molecule has 0 aliphatic rings. The summed E-state index contributed by atoms with van der Waals surface area (Å²) in [7, 11) is 0. The first-order chi connectivity index (χ1) is 12.4. The Bertz CT molecular complexity index is 902. The van der Waals surface area contributed by atoms with E-state index in [1.807, 2.05) is 62.4 Å². The molecule has 134 valence electrons. The van der Waals surface area contributed by atoms with Crippen LogP contribution in [0.25, 0.3) is 11.3 Å². The summed E-state index contributed by atoms with van der Waals surface area (Å²) in [6.45, 7) is 5.72. The lowest BCUT2D eigenvalue weighted by Crippen LogP contribution is -2.30. The van der Waals surface area contributed by atoms with E-state index < -0.39 is 6.10 Å². The van der Waals surface area contributed by atoms with Gasteiger partial charge in [0.05, 0.1) is 5.69 Å². The zero-order valence-corrected chi connectivity index (χ0v) is 15.8. The van der Waals surface area contributed by atoms with Crippen LogP contribution in [-0.4, -0.2) is 17.0 Å². The average Bonchev–Trinajstić information content (AvgIpc) is 2.96. The van der Waals surface area contributed by atoms with Crippen molar-refractivity contribution in [3.8, 4) is 17.0 Å². The van der Waals surface area contributed by atoms with Gasteiger partial charge in [0.25, 0.3) is 5.91 Å². The molecule has 26 heavy (non-hydrogen) atoms. The van der Waals surface area contributed by atoms with Crippen LogP contribution in [0.1, 0.15) is 17.4 Å².